The van der Waals surface area contributed by atoms with E-state index in [2.05, 4.69) is 11.4 Å². The molecule has 0 heterocycles. The molecule has 4 heteroatoms. The average Bonchev–Trinajstić information content (AvgIpc) is 2.26. The molecular weight excluding hydrogens is 243 g/mol. The van der Waals surface area contributed by atoms with Crippen LogP contribution in [0.25, 0.3) is 0 Å². The van der Waals surface area contributed by atoms with Gasteiger partial charge in [0.15, 0.2) is 0 Å². The Morgan fingerprint density at radius 2 is 2.06 bits per heavy atom. The van der Waals surface area contributed by atoms with Crippen molar-refractivity contribution in [3.63, 3.8) is 0 Å². The van der Waals surface area contributed by atoms with Crippen LogP contribution in [0.15, 0.2) is 18.2 Å². The summed E-state index contributed by atoms with van der Waals surface area (Å²) in [5.41, 5.74) is 1.10. The molecule has 0 spiro atoms. The predicted molar refractivity (Wildman–Crippen MR) is 67.9 cm³/mol. The van der Waals surface area contributed by atoms with E-state index >= 15 is 0 Å². The van der Waals surface area contributed by atoms with Gasteiger partial charge in [0, 0.05) is 16.5 Å². The zero-order valence-corrected chi connectivity index (χ0v) is 10.5. The maximum Gasteiger partial charge on any atom is 0.0622 e. The first-order valence-electron chi connectivity index (χ1n) is 5.25. The van der Waals surface area contributed by atoms with Crippen molar-refractivity contribution >= 4 is 23.2 Å². The highest BCUT2D eigenvalue weighted by Crippen LogP contribution is 2.20. The minimum Gasteiger partial charge on any atom is -0.316 e. The lowest BCUT2D eigenvalue weighted by atomic mass is 10.1. The molecule has 1 aromatic carbocycles. The normalized spacial score (nSPS) is 10.1. The minimum atomic E-state index is 0.606. The van der Waals surface area contributed by atoms with Crippen LogP contribution in [0, 0.1) is 11.3 Å². The molecule has 0 fully saturated rings. The molecule has 0 amide bonds. The van der Waals surface area contributed by atoms with Crippen LogP contribution in [0.5, 0.6) is 0 Å². The molecule has 0 aliphatic heterocycles. The van der Waals surface area contributed by atoms with Crippen molar-refractivity contribution in [1.82, 2.24) is 5.32 Å². The molecule has 0 aromatic heterocycles. The standard InChI is InChI=1S/C12H14Cl2N2/c13-11-4-3-10(12(14)9-11)5-8-16-7-2-1-6-15/h3-4,9,16H,1-2,5,7-8H2. The summed E-state index contributed by atoms with van der Waals surface area (Å²) >= 11 is 11.8. The third-order valence-electron chi connectivity index (χ3n) is 2.23. The Hall–Kier alpha value is -0.750. The highest BCUT2D eigenvalue weighted by Gasteiger charge is 2.00. The summed E-state index contributed by atoms with van der Waals surface area (Å²) in [6.45, 7) is 1.74. The maximum absolute atomic E-state index is 8.36. The number of nitriles is 1. The molecule has 0 radical (unpaired) electrons. The van der Waals surface area contributed by atoms with Crippen LogP contribution < -0.4 is 5.32 Å². The van der Waals surface area contributed by atoms with Gasteiger partial charge in [-0.15, -0.1) is 0 Å². The number of halogens is 2. The number of hydrogen-bond donors (Lipinski definition) is 1. The lowest BCUT2D eigenvalue weighted by Crippen LogP contribution is -2.18. The number of nitrogens with one attached hydrogen (secondary N) is 1. The quantitative estimate of drug-likeness (QED) is 0.792. The fourth-order valence-corrected chi connectivity index (χ4v) is 1.87. The van der Waals surface area contributed by atoms with Crippen molar-refractivity contribution in [2.45, 2.75) is 19.3 Å². The number of hydrogen-bond acceptors (Lipinski definition) is 2. The summed E-state index contributed by atoms with van der Waals surface area (Å²) in [6, 6.07) is 7.67. The molecule has 0 unspecified atom stereocenters. The van der Waals surface area contributed by atoms with Gasteiger partial charge in [-0.25, -0.2) is 0 Å². The average molecular weight is 257 g/mol. The Kier molecular flexibility index (Phi) is 6.25. The summed E-state index contributed by atoms with van der Waals surface area (Å²) in [4.78, 5) is 0. The Morgan fingerprint density at radius 1 is 1.25 bits per heavy atom. The Bertz CT molecular complexity index is 372. The smallest absolute Gasteiger partial charge is 0.0622 e. The highest BCUT2D eigenvalue weighted by molar-refractivity contribution is 6.35. The van der Waals surface area contributed by atoms with E-state index in [1.807, 2.05) is 12.1 Å². The molecule has 0 atom stereocenters. The van der Waals surface area contributed by atoms with Gasteiger partial charge in [0.1, 0.15) is 0 Å². The second-order valence-corrected chi connectivity index (χ2v) is 4.34. The van der Waals surface area contributed by atoms with Crippen molar-refractivity contribution in [1.29, 1.82) is 5.26 Å². The van der Waals surface area contributed by atoms with Crippen molar-refractivity contribution in [2.24, 2.45) is 0 Å². The Morgan fingerprint density at radius 3 is 2.75 bits per heavy atom. The van der Waals surface area contributed by atoms with Gasteiger partial charge < -0.3 is 5.32 Å². The van der Waals surface area contributed by atoms with Gasteiger partial charge in [-0.05, 0) is 43.6 Å². The molecule has 1 N–H and O–H groups in total. The van der Waals surface area contributed by atoms with Gasteiger partial charge in [-0.3, -0.25) is 0 Å². The van der Waals surface area contributed by atoms with Gasteiger partial charge in [-0.1, -0.05) is 29.3 Å². The van der Waals surface area contributed by atoms with E-state index in [9.17, 15) is 0 Å². The topological polar surface area (TPSA) is 35.8 Å². The molecule has 1 aromatic rings. The van der Waals surface area contributed by atoms with Crippen LogP contribution in [-0.2, 0) is 6.42 Å². The Labute approximate surface area is 106 Å². The fraction of sp³-hybridized carbons (Fsp3) is 0.417. The summed E-state index contributed by atoms with van der Waals surface area (Å²) in [6.07, 6.45) is 2.38. The van der Waals surface area contributed by atoms with Gasteiger partial charge in [-0.2, -0.15) is 5.26 Å². The maximum atomic E-state index is 8.36. The molecule has 16 heavy (non-hydrogen) atoms. The van der Waals surface area contributed by atoms with E-state index in [0.717, 1.165) is 31.5 Å². The second-order valence-electron chi connectivity index (χ2n) is 3.50. The molecule has 0 aliphatic carbocycles. The number of benzene rings is 1. The Balaban J connectivity index is 2.25. The van der Waals surface area contributed by atoms with Gasteiger partial charge in [0.05, 0.1) is 6.07 Å². The first kappa shape index (κ1) is 13.3. The van der Waals surface area contributed by atoms with E-state index in [-0.39, 0.29) is 0 Å². The van der Waals surface area contributed by atoms with E-state index in [1.54, 1.807) is 6.07 Å². The van der Waals surface area contributed by atoms with Crippen LogP contribution >= 0.6 is 23.2 Å². The summed E-state index contributed by atoms with van der Waals surface area (Å²) in [5.74, 6) is 0. The van der Waals surface area contributed by atoms with Crippen molar-refractivity contribution in [2.75, 3.05) is 13.1 Å². The van der Waals surface area contributed by atoms with Crippen molar-refractivity contribution in [3.8, 4) is 6.07 Å². The van der Waals surface area contributed by atoms with Crippen molar-refractivity contribution < 1.29 is 0 Å². The molecule has 2 nitrogen and oxygen atoms in total. The van der Waals surface area contributed by atoms with Crippen LogP contribution in [0.1, 0.15) is 18.4 Å². The van der Waals surface area contributed by atoms with Crippen LogP contribution in [0.3, 0.4) is 0 Å². The lowest BCUT2D eigenvalue weighted by molar-refractivity contribution is 0.655. The predicted octanol–water partition coefficient (Wildman–Crippen LogP) is 3.43. The minimum absolute atomic E-state index is 0.606. The number of nitrogens with zero attached hydrogens (tertiary/aromatic N) is 1. The monoisotopic (exact) mass is 256 g/mol. The van der Waals surface area contributed by atoms with Crippen LogP contribution in [0.4, 0.5) is 0 Å². The number of unbranched alkanes of at least 4 members (excludes halogenated alkanes) is 1. The first-order chi connectivity index (χ1) is 7.74. The van der Waals surface area contributed by atoms with Gasteiger partial charge in [0.2, 0.25) is 0 Å². The van der Waals surface area contributed by atoms with Gasteiger partial charge >= 0.3 is 0 Å². The van der Waals surface area contributed by atoms with Gasteiger partial charge in [0.25, 0.3) is 0 Å². The molecule has 1 rings (SSSR count). The second kappa shape index (κ2) is 7.51. The third-order valence-corrected chi connectivity index (χ3v) is 2.82. The molecular formula is C12H14Cl2N2. The first-order valence-corrected chi connectivity index (χ1v) is 6.01. The summed E-state index contributed by atoms with van der Waals surface area (Å²) in [5, 5.41) is 13.0. The SMILES string of the molecule is N#CCCCNCCc1ccc(Cl)cc1Cl. The van der Waals surface area contributed by atoms with Crippen molar-refractivity contribution in [3.05, 3.63) is 33.8 Å². The molecule has 0 saturated heterocycles. The summed E-state index contributed by atoms with van der Waals surface area (Å²) in [7, 11) is 0. The molecule has 0 aliphatic rings. The highest BCUT2D eigenvalue weighted by atomic mass is 35.5. The molecule has 86 valence electrons. The number of rotatable bonds is 6. The fourth-order valence-electron chi connectivity index (χ4n) is 1.36. The van der Waals surface area contributed by atoms with E-state index in [1.165, 1.54) is 0 Å². The summed E-state index contributed by atoms with van der Waals surface area (Å²) < 4.78 is 0. The zero-order valence-electron chi connectivity index (χ0n) is 8.97. The van der Waals surface area contributed by atoms with E-state index < -0.39 is 0 Å². The molecule has 0 bridgehead atoms. The van der Waals surface area contributed by atoms with Crippen LogP contribution in [-0.4, -0.2) is 13.1 Å². The third kappa shape index (κ3) is 4.85. The van der Waals surface area contributed by atoms with Crippen LogP contribution in [0.2, 0.25) is 10.0 Å². The lowest BCUT2D eigenvalue weighted by Gasteiger charge is -2.05. The zero-order chi connectivity index (χ0) is 11.8. The van der Waals surface area contributed by atoms with E-state index in [0.29, 0.717) is 16.5 Å². The molecule has 0 saturated carbocycles. The largest absolute Gasteiger partial charge is 0.316 e. The van der Waals surface area contributed by atoms with E-state index in [4.69, 9.17) is 28.5 Å².